The number of nitrogens with two attached hydrogens (primary N) is 1. The number of carbonyl (C=O) groups is 1. The van der Waals surface area contributed by atoms with Gasteiger partial charge in [0.05, 0.1) is 5.56 Å². The lowest BCUT2D eigenvalue weighted by Gasteiger charge is -2.17. The standard InChI is InChI=1S/C21H14N2O5S/c22-21(29)23-10-1-4-13(16(7-10)20(26)27)19-14-5-2-11(24)8-17(14)28-18-9-12(25)3-6-15(18)19/h1-9,24H,(H,26,27)(H3,22,23,29). The number of rotatable bonds is 3. The molecule has 0 aromatic heterocycles. The highest BCUT2D eigenvalue weighted by Gasteiger charge is 2.22. The first-order valence-electron chi connectivity index (χ1n) is 8.47. The van der Waals surface area contributed by atoms with E-state index in [9.17, 15) is 19.8 Å². The monoisotopic (exact) mass is 406 g/mol. The molecule has 2 aromatic carbocycles. The van der Waals surface area contributed by atoms with Crippen molar-refractivity contribution in [3.63, 3.8) is 0 Å². The number of phenolic OH excluding ortho intramolecular Hbond substituents is 1. The fourth-order valence-electron chi connectivity index (χ4n) is 3.31. The van der Waals surface area contributed by atoms with Gasteiger partial charge >= 0.3 is 5.97 Å². The third kappa shape index (κ3) is 3.37. The predicted octanol–water partition coefficient (Wildman–Crippen LogP) is 3.62. The van der Waals surface area contributed by atoms with E-state index in [0.717, 1.165) is 0 Å². The number of nitrogens with one attached hydrogen (secondary N) is 1. The number of benzene rings is 3. The second-order valence-electron chi connectivity index (χ2n) is 6.37. The maximum absolute atomic E-state index is 12.0. The molecule has 8 heteroatoms. The lowest BCUT2D eigenvalue weighted by molar-refractivity contribution is 0.0698. The molecular formula is C21H14N2O5S. The molecule has 2 aromatic rings. The maximum atomic E-state index is 12.0. The highest BCUT2D eigenvalue weighted by molar-refractivity contribution is 7.80. The van der Waals surface area contributed by atoms with Crippen molar-refractivity contribution in [3.8, 4) is 28.2 Å². The predicted molar refractivity (Wildman–Crippen MR) is 114 cm³/mol. The molecule has 144 valence electrons. The first-order valence-corrected chi connectivity index (χ1v) is 8.88. The van der Waals surface area contributed by atoms with Gasteiger partial charge in [0.2, 0.25) is 0 Å². The molecule has 0 unspecified atom stereocenters. The molecule has 0 fully saturated rings. The first-order chi connectivity index (χ1) is 13.8. The van der Waals surface area contributed by atoms with Gasteiger partial charge in [-0.05, 0) is 54.2 Å². The summed E-state index contributed by atoms with van der Waals surface area (Å²) in [5, 5.41) is 23.0. The zero-order chi connectivity index (χ0) is 20.7. The minimum Gasteiger partial charge on any atom is -0.508 e. The normalized spacial score (nSPS) is 10.9. The Hall–Kier alpha value is -3.91. The van der Waals surface area contributed by atoms with Crippen LogP contribution in [-0.2, 0) is 0 Å². The van der Waals surface area contributed by atoms with Gasteiger partial charge in [0.15, 0.2) is 10.5 Å². The fourth-order valence-corrected chi connectivity index (χ4v) is 3.43. The largest absolute Gasteiger partial charge is 0.508 e. The summed E-state index contributed by atoms with van der Waals surface area (Å²) < 4.78 is 5.79. The zero-order valence-corrected chi connectivity index (χ0v) is 15.6. The molecular weight excluding hydrogens is 392 g/mol. The van der Waals surface area contributed by atoms with Gasteiger partial charge in [-0.2, -0.15) is 0 Å². The van der Waals surface area contributed by atoms with E-state index in [-0.39, 0.29) is 27.6 Å². The van der Waals surface area contributed by atoms with E-state index < -0.39 is 5.97 Å². The Kier molecular flexibility index (Phi) is 4.40. The van der Waals surface area contributed by atoms with Gasteiger partial charge in [-0.15, -0.1) is 0 Å². The Bertz CT molecular complexity index is 1330. The molecule has 0 bridgehead atoms. The second kappa shape index (κ2) is 6.92. The lowest BCUT2D eigenvalue weighted by atomic mass is 9.90. The van der Waals surface area contributed by atoms with E-state index in [4.69, 9.17) is 22.4 Å². The van der Waals surface area contributed by atoms with Crippen LogP contribution in [0.2, 0.25) is 0 Å². The number of aromatic carboxylic acids is 1. The van der Waals surface area contributed by atoms with E-state index in [2.05, 4.69) is 5.32 Å². The number of hydrogen-bond acceptors (Lipinski definition) is 5. The Morgan fingerprint density at radius 2 is 1.79 bits per heavy atom. The summed E-state index contributed by atoms with van der Waals surface area (Å²) in [4.78, 5) is 23.8. The van der Waals surface area contributed by atoms with E-state index in [1.54, 1.807) is 24.3 Å². The molecule has 1 heterocycles. The number of hydrogen-bond donors (Lipinski definition) is 4. The zero-order valence-electron chi connectivity index (χ0n) is 14.8. The summed E-state index contributed by atoms with van der Waals surface area (Å²) in [6.45, 7) is 0. The van der Waals surface area contributed by atoms with Gasteiger partial charge in [0.25, 0.3) is 0 Å². The third-order valence-corrected chi connectivity index (χ3v) is 4.57. The molecule has 2 aliphatic rings. The highest BCUT2D eigenvalue weighted by atomic mass is 32.1. The summed E-state index contributed by atoms with van der Waals surface area (Å²) >= 11 is 4.82. The van der Waals surface area contributed by atoms with Gasteiger partial charge in [-0.25, -0.2) is 4.79 Å². The molecule has 0 radical (unpaired) electrons. The van der Waals surface area contributed by atoms with E-state index in [1.807, 2.05) is 0 Å². The summed E-state index contributed by atoms with van der Waals surface area (Å²) in [7, 11) is 0. The van der Waals surface area contributed by atoms with Gasteiger partial charge < -0.3 is 25.7 Å². The van der Waals surface area contributed by atoms with Crippen LogP contribution in [0.3, 0.4) is 0 Å². The fraction of sp³-hybridized carbons (Fsp3) is 0. The Balaban J connectivity index is 2.11. The Morgan fingerprint density at radius 3 is 2.52 bits per heavy atom. The Morgan fingerprint density at radius 1 is 1.03 bits per heavy atom. The molecule has 7 nitrogen and oxygen atoms in total. The molecule has 5 N–H and O–H groups in total. The van der Waals surface area contributed by atoms with Crippen molar-refractivity contribution >= 4 is 40.0 Å². The van der Waals surface area contributed by atoms with Crippen LogP contribution in [0.1, 0.15) is 10.4 Å². The van der Waals surface area contributed by atoms with Gasteiger partial charge in [0.1, 0.15) is 17.1 Å². The third-order valence-electron chi connectivity index (χ3n) is 4.46. The maximum Gasteiger partial charge on any atom is 0.336 e. The van der Waals surface area contributed by atoms with E-state index in [1.165, 1.54) is 30.3 Å². The molecule has 0 spiro atoms. The SMILES string of the molecule is NC(=S)Nc1ccc(-c2c3ccc(=O)cc-3oc3cc(O)ccc23)c(C(=O)O)c1. The average molecular weight is 406 g/mol. The van der Waals surface area contributed by atoms with Crippen LogP contribution in [0, 0.1) is 0 Å². The van der Waals surface area contributed by atoms with E-state index in [0.29, 0.717) is 33.3 Å². The smallest absolute Gasteiger partial charge is 0.336 e. The van der Waals surface area contributed by atoms with Crippen LogP contribution in [0.15, 0.2) is 63.8 Å². The summed E-state index contributed by atoms with van der Waals surface area (Å²) in [5.74, 6) is -0.875. The van der Waals surface area contributed by atoms with Crippen LogP contribution in [0.5, 0.6) is 5.75 Å². The summed E-state index contributed by atoms with van der Waals surface area (Å²) in [5.41, 5.74) is 7.56. The van der Waals surface area contributed by atoms with Crippen LogP contribution in [-0.4, -0.2) is 21.3 Å². The van der Waals surface area contributed by atoms with Crippen LogP contribution < -0.4 is 16.5 Å². The van der Waals surface area contributed by atoms with E-state index >= 15 is 0 Å². The molecule has 0 saturated heterocycles. The van der Waals surface area contributed by atoms with Crippen LogP contribution in [0.4, 0.5) is 5.69 Å². The molecule has 4 rings (SSSR count). The minimum atomic E-state index is -1.15. The number of aromatic hydroxyl groups is 1. The number of phenols is 1. The molecule has 0 atom stereocenters. The molecule has 29 heavy (non-hydrogen) atoms. The van der Waals surface area contributed by atoms with Crippen LogP contribution in [0.25, 0.3) is 33.4 Å². The van der Waals surface area contributed by atoms with Crippen molar-refractivity contribution in [2.24, 2.45) is 5.73 Å². The van der Waals surface area contributed by atoms with Crippen molar-refractivity contribution in [2.75, 3.05) is 5.32 Å². The quantitative estimate of drug-likeness (QED) is 0.300. The average Bonchev–Trinajstić information content (AvgIpc) is 2.65. The summed E-state index contributed by atoms with van der Waals surface area (Å²) in [6.07, 6.45) is 0. The second-order valence-corrected chi connectivity index (χ2v) is 6.81. The molecule has 1 aliphatic carbocycles. The van der Waals surface area contributed by atoms with Crippen molar-refractivity contribution in [1.29, 1.82) is 0 Å². The van der Waals surface area contributed by atoms with Crippen molar-refractivity contribution in [2.45, 2.75) is 0 Å². The van der Waals surface area contributed by atoms with Crippen molar-refractivity contribution in [3.05, 3.63) is 70.4 Å². The minimum absolute atomic E-state index is 0.0133. The number of fused-ring (bicyclic) bond motifs is 2. The number of carboxylic acids is 1. The van der Waals surface area contributed by atoms with Gasteiger partial charge in [-0.3, -0.25) is 4.79 Å². The molecule has 0 saturated carbocycles. The molecule has 0 amide bonds. The summed E-state index contributed by atoms with van der Waals surface area (Å²) in [6, 6.07) is 13.6. The van der Waals surface area contributed by atoms with Gasteiger partial charge in [-0.1, -0.05) is 6.07 Å². The first kappa shape index (κ1) is 18.5. The van der Waals surface area contributed by atoms with Gasteiger partial charge in [0, 0.05) is 34.3 Å². The number of carboxylic acid groups (broad SMARTS) is 1. The van der Waals surface area contributed by atoms with Crippen molar-refractivity contribution in [1.82, 2.24) is 0 Å². The topological polar surface area (TPSA) is 126 Å². The number of anilines is 1. The Labute approximate surface area is 169 Å². The molecule has 1 aliphatic heterocycles. The lowest BCUT2D eigenvalue weighted by Crippen LogP contribution is -2.19. The van der Waals surface area contributed by atoms with Crippen LogP contribution >= 0.6 is 12.2 Å². The highest BCUT2D eigenvalue weighted by Crippen LogP contribution is 2.42. The number of thiocarbonyl (C=S) groups is 1. The van der Waals surface area contributed by atoms with Crippen molar-refractivity contribution < 1.29 is 19.4 Å².